The van der Waals surface area contributed by atoms with Crippen LogP contribution in [0.2, 0.25) is 0 Å². The van der Waals surface area contributed by atoms with Gasteiger partial charge in [0.05, 0.1) is 23.2 Å². The van der Waals surface area contributed by atoms with Gasteiger partial charge in [0, 0.05) is 12.1 Å². The first kappa shape index (κ1) is 16.2. The van der Waals surface area contributed by atoms with Crippen molar-refractivity contribution in [3.63, 3.8) is 0 Å². The number of nitro groups is 1. The van der Waals surface area contributed by atoms with Gasteiger partial charge >= 0.3 is 5.97 Å². The van der Waals surface area contributed by atoms with Gasteiger partial charge < -0.3 is 15.2 Å². The number of ether oxygens (including phenoxy) is 1. The lowest BCUT2D eigenvalue weighted by atomic mass is 9.92. The molecule has 1 aliphatic rings. The zero-order valence-electron chi connectivity index (χ0n) is 12.4. The normalized spacial score (nSPS) is 21.2. The van der Waals surface area contributed by atoms with E-state index in [0.717, 1.165) is 0 Å². The lowest BCUT2D eigenvalue weighted by molar-refractivity contribution is -0.384. The summed E-state index contributed by atoms with van der Waals surface area (Å²) in [6, 6.07) is 4.35. The summed E-state index contributed by atoms with van der Waals surface area (Å²) in [5.74, 6) is -0.579. The molecule has 1 fully saturated rings. The van der Waals surface area contributed by atoms with Crippen molar-refractivity contribution < 1.29 is 19.6 Å². The summed E-state index contributed by atoms with van der Waals surface area (Å²) in [5, 5.41) is 23.9. The maximum absolute atomic E-state index is 12.0. The fourth-order valence-corrected chi connectivity index (χ4v) is 2.65. The number of nitrogens with one attached hydrogen (secondary N) is 1. The average Bonchev–Trinajstić information content (AvgIpc) is 2.49. The summed E-state index contributed by atoms with van der Waals surface area (Å²) in [6.45, 7) is 1.89. The Morgan fingerprint density at radius 3 is 2.68 bits per heavy atom. The fourth-order valence-electron chi connectivity index (χ4n) is 2.65. The number of carbonyl (C=O) groups excluding carboxylic acids is 1. The highest BCUT2D eigenvalue weighted by atomic mass is 16.6. The van der Waals surface area contributed by atoms with Gasteiger partial charge in [-0.1, -0.05) is 6.07 Å². The van der Waals surface area contributed by atoms with Crippen LogP contribution in [0.4, 0.5) is 11.4 Å². The van der Waals surface area contributed by atoms with Crippen LogP contribution in [0, 0.1) is 10.1 Å². The Balaban J connectivity index is 2.29. The molecule has 0 saturated heterocycles. The maximum atomic E-state index is 12.0. The Morgan fingerprint density at radius 1 is 1.41 bits per heavy atom. The van der Waals surface area contributed by atoms with Crippen molar-refractivity contribution >= 4 is 17.3 Å². The number of aliphatic hydroxyl groups excluding tert-OH is 1. The van der Waals surface area contributed by atoms with E-state index in [-0.39, 0.29) is 35.7 Å². The molecule has 0 heterocycles. The van der Waals surface area contributed by atoms with E-state index in [0.29, 0.717) is 25.7 Å². The molecule has 0 aliphatic heterocycles. The molecule has 1 aromatic carbocycles. The molecule has 1 saturated carbocycles. The molecule has 0 radical (unpaired) electrons. The first-order valence-electron chi connectivity index (χ1n) is 7.42. The summed E-state index contributed by atoms with van der Waals surface area (Å²) in [7, 11) is 0. The highest BCUT2D eigenvalue weighted by molar-refractivity contribution is 5.98. The molecule has 0 unspecified atom stereocenters. The summed E-state index contributed by atoms with van der Waals surface area (Å²) >= 11 is 0. The summed E-state index contributed by atoms with van der Waals surface area (Å²) in [6.07, 6.45) is 2.39. The van der Waals surface area contributed by atoms with Crippen molar-refractivity contribution in [1.29, 1.82) is 0 Å². The average molecular weight is 308 g/mol. The molecule has 7 heteroatoms. The van der Waals surface area contributed by atoms with Crippen LogP contribution in [0.3, 0.4) is 0 Å². The zero-order chi connectivity index (χ0) is 16.1. The van der Waals surface area contributed by atoms with E-state index in [2.05, 4.69) is 5.32 Å². The minimum Gasteiger partial charge on any atom is -0.462 e. The van der Waals surface area contributed by atoms with Crippen LogP contribution in [0.15, 0.2) is 18.2 Å². The van der Waals surface area contributed by atoms with E-state index in [1.54, 1.807) is 6.92 Å². The van der Waals surface area contributed by atoms with Crippen molar-refractivity contribution in [2.45, 2.75) is 44.8 Å². The highest BCUT2D eigenvalue weighted by Gasteiger charge is 2.26. The number of esters is 1. The largest absolute Gasteiger partial charge is 0.462 e. The smallest absolute Gasteiger partial charge is 0.340 e. The molecule has 0 bridgehead atoms. The zero-order valence-corrected chi connectivity index (χ0v) is 12.4. The molecule has 2 rings (SSSR count). The van der Waals surface area contributed by atoms with Gasteiger partial charge in [-0.05, 0) is 38.7 Å². The third-order valence-electron chi connectivity index (χ3n) is 3.78. The Morgan fingerprint density at radius 2 is 2.09 bits per heavy atom. The van der Waals surface area contributed by atoms with Gasteiger partial charge in [-0.2, -0.15) is 0 Å². The van der Waals surface area contributed by atoms with Crippen LogP contribution in [0.5, 0.6) is 0 Å². The molecule has 0 spiro atoms. The summed E-state index contributed by atoms with van der Waals surface area (Å²) in [5.41, 5.74) is 0.228. The fraction of sp³-hybridized carbons (Fsp3) is 0.533. The van der Waals surface area contributed by atoms with Gasteiger partial charge in [0.2, 0.25) is 0 Å². The molecule has 2 N–H and O–H groups in total. The Hall–Kier alpha value is -2.15. The first-order chi connectivity index (χ1) is 10.5. The Bertz CT molecular complexity index is 553. The van der Waals surface area contributed by atoms with Gasteiger partial charge in [0.15, 0.2) is 0 Å². The van der Waals surface area contributed by atoms with Crippen molar-refractivity contribution in [2.24, 2.45) is 0 Å². The van der Waals surface area contributed by atoms with Crippen LogP contribution < -0.4 is 5.32 Å². The van der Waals surface area contributed by atoms with E-state index < -0.39 is 10.9 Å². The van der Waals surface area contributed by atoms with E-state index in [1.807, 2.05) is 0 Å². The van der Waals surface area contributed by atoms with Crippen LogP contribution in [0.25, 0.3) is 0 Å². The van der Waals surface area contributed by atoms with E-state index in [1.165, 1.54) is 18.2 Å². The summed E-state index contributed by atoms with van der Waals surface area (Å²) < 4.78 is 4.97. The number of nitrogens with zero attached hydrogens (tertiary/aromatic N) is 1. The van der Waals surface area contributed by atoms with Crippen molar-refractivity contribution in [1.82, 2.24) is 0 Å². The quantitative estimate of drug-likeness (QED) is 0.492. The topological polar surface area (TPSA) is 102 Å². The number of hydrogen-bond donors (Lipinski definition) is 2. The van der Waals surface area contributed by atoms with Crippen LogP contribution in [-0.2, 0) is 4.74 Å². The number of benzene rings is 1. The third kappa shape index (κ3) is 3.73. The maximum Gasteiger partial charge on any atom is 0.340 e. The summed E-state index contributed by atoms with van der Waals surface area (Å²) in [4.78, 5) is 22.7. The van der Waals surface area contributed by atoms with Crippen LogP contribution in [-0.4, -0.2) is 34.8 Å². The van der Waals surface area contributed by atoms with Gasteiger partial charge in [-0.15, -0.1) is 0 Å². The van der Waals surface area contributed by atoms with Gasteiger partial charge in [-0.25, -0.2) is 4.79 Å². The number of para-hydroxylation sites is 1. The number of aliphatic hydroxyl groups is 1. The van der Waals surface area contributed by atoms with E-state index in [9.17, 15) is 20.0 Å². The first-order valence-corrected chi connectivity index (χ1v) is 7.42. The van der Waals surface area contributed by atoms with Crippen LogP contribution >= 0.6 is 0 Å². The van der Waals surface area contributed by atoms with Gasteiger partial charge in [-0.3, -0.25) is 10.1 Å². The molecular formula is C15H20N2O5. The second-order valence-corrected chi connectivity index (χ2v) is 5.33. The number of anilines is 1. The Labute approximate surface area is 128 Å². The molecule has 0 atom stereocenters. The van der Waals surface area contributed by atoms with Gasteiger partial charge in [0.1, 0.15) is 5.69 Å². The predicted molar refractivity (Wildman–Crippen MR) is 80.9 cm³/mol. The van der Waals surface area contributed by atoms with E-state index in [4.69, 9.17) is 4.74 Å². The van der Waals surface area contributed by atoms with Crippen LogP contribution in [0.1, 0.15) is 43.0 Å². The minimum absolute atomic E-state index is 0.00215. The third-order valence-corrected chi connectivity index (χ3v) is 3.78. The molecule has 22 heavy (non-hydrogen) atoms. The number of rotatable bonds is 5. The lowest BCUT2D eigenvalue weighted by Gasteiger charge is -2.27. The number of hydrogen-bond acceptors (Lipinski definition) is 6. The second kappa shape index (κ2) is 7.22. The predicted octanol–water partition coefficient (Wildman–Crippen LogP) is 2.49. The number of carbonyl (C=O) groups is 1. The highest BCUT2D eigenvalue weighted by Crippen LogP contribution is 2.32. The monoisotopic (exact) mass is 308 g/mol. The molecular weight excluding hydrogens is 288 g/mol. The molecule has 0 amide bonds. The lowest BCUT2D eigenvalue weighted by Crippen LogP contribution is -2.29. The van der Waals surface area contributed by atoms with E-state index >= 15 is 0 Å². The minimum atomic E-state index is -0.579. The second-order valence-electron chi connectivity index (χ2n) is 5.33. The molecule has 7 nitrogen and oxygen atoms in total. The molecule has 1 aliphatic carbocycles. The van der Waals surface area contributed by atoms with Gasteiger partial charge in [0.25, 0.3) is 5.69 Å². The molecule has 0 aromatic heterocycles. The molecule has 1 aromatic rings. The number of nitro benzene ring substituents is 1. The Kier molecular flexibility index (Phi) is 5.32. The SMILES string of the molecule is CCOC(=O)c1cccc([N+](=O)[O-])c1NC1CCC(O)CC1. The molecule has 120 valence electrons. The van der Waals surface area contributed by atoms with Crippen molar-refractivity contribution in [3.8, 4) is 0 Å². The van der Waals surface area contributed by atoms with Crippen molar-refractivity contribution in [3.05, 3.63) is 33.9 Å². The standard InChI is InChI=1S/C15H20N2O5/c1-2-22-15(19)12-4-3-5-13(17(20)21)14(12)16-10-6-8-11(18)9-7-10/h3-5,10-11,16,18H,2,6-9H2,1H3. The van der Waals surface area contributed by atoms with Crippen molar-refractivity contribution in [2.75, 3.05) is 11.9 Å².